The quantitative estimate of drug-likeness (QED) is 0.487. The molecule has 0 spiro atoms. The minimum absolute atomic E-state index is 0.0275. The van der Waals surface area contributed by atoms with Gasteiger partial charge in [0.05, 0.1) is 22.5 Å². The average molecular weight is 303 g/mol. The van der Waals surface area contributed by atoms with Crippen molar-refractivity contribution < 1.29 is 14.5 Å². The normalized spacial score (nSPS) is 10.2. The van der Waals surface area contributed by atoms with Gasteiger partial charge in [0, 0.05) is 11.0 Å². The molecule has 108 valence electrons. The van der Waals surface area contributed by atoms with Gasteiger partial charge in [0.1, 0.15) is 0 Å². The molecule has 0 amide bonds. The number of hydrogen-bond donors (Lipinski definition) is 0. The van der Waals surface area contributed by atoms with Crippen LogP contribution >= 0.6 is 11.8 Å². The Morgan fingerprint density at radius 2 is 1.90 bits per heavy atom. The number of hydrogen-bond acceptors (Lipinski definition) is 5. The molecule has 0 fully saturated rings. The fraction of sp³-hybridized carbons (Fsp3) is 0.133. The minimum Gasteiger partial charge on any atom is -0.465 e. The molecule has 0 N–H and O–H groups in total. The maximum absolute atomic E-state index is 11.7. The number of esters is 1. The molecule has 6 heteroatoms. The molecule has 0 unspecified atom stereocenters. The van der Waals surface area contributed by atoms with Gasteiger partial charge in [0.2, 0.25) is 0 Å². The SMILES string of the molecule is COC(=O)c1ccccc1Sc1ccc(C)cc1[N+](=O)[O-]. The molecule has 0 saturated heterocycles. The molecule has 0 aliphatic carbocycles. The number of nitro benzene ring substituents is 1. The third-order valence-corrected chi connectivity index (χ3v) is 3.96. The van der Waals surface area contributed by atoms with Crippen molar-refractivity contribution in [1.82, 2.24) is 0 Å². The third-order valence-electron chi connectivity index (χ3n) is 2.82. The minimum atomic E-state index is -0.465. The summed E-state index contributed by atoms with van der Waals surface area (Å²) in [6.45, 7) is 1.80. The number of ether oxygens (including phenoxy) is 1. The van der Waals surface area contributed by atoms with Crippen LogP contribution in [0.3, 0.4) is 0 Å². The predicted molar refractivity (Wildman–Crippen MR) is 79.7 cm³/mol. The van der Waals surface area contributed by atoms with Crippen LogP contribution in [0.1, 0.15) is 15.9 Å². The van der Waals surface area contributed by atoms with Gasteiger partial charge in [-0.25, -0.2) is 4.79 Å². The number of carbonyl (C=O) groups is 1. The monoisotopic (exact) mass is 303 g/mol. The van der Waals surface area contributed by atoms with Crippen molar-refractivity contribution in [3.8, 4) is 0 Å². The molecule has 5 nitrogen and oxygen atoms in total. The maximum Gasteiger partial charge on any atom is 0.339 e. The van der Waals surface area contributed by atoms with Crippen LogP contribution in [0.4, 0.5) is 5.69 Å². The maximum atomic E-state index is 11.7. The first kappa shape index (κ1) is 15.1. The van der Waals surface area contributed by atoms with Crippen LogP contribution in [0, 0.1) is 17.0 Å². The number of aryl methyl sites for hydroxylation is 1. The molecule has 0 aliphatic heterocycles. The van der Waals surface area contributed by atoms with Crippen molar-refractivity contribution >= 4 is 23.4 Å². The van der Waals surface area contributed by atoms with Crippen molar-refractivity contribution in [3.63, 3.8) is 0 Å². The summed E-state index contributed by atoms with van der Waals surface area (Å²) < 4.78 is 4.73. The second-order valence-electron chi connectivity index (χ2n) is 4.32. The molecule has 0 radical (unpaired) electrons. The molecule has 2 rings (SSSR count). The Morgan fingerprint density at radius 3 is 2.57 bits per heavy atom. The van der Waals surface area contributed by atoms with E-state index in [0.29, 0.717) is 15.4 Å². The standard InChI is InChI=1S/C15H13NO4S/c1-10-7-8-14(12(9-10)16(18)19)21-13-6-4-3-5-11(13)15(17)20-2/h3-9H,1-2H3. The lowest BCUT2D eigenvalue weighted by molar-refractivity contribution is -0.387. The van der Waals surface area contributed by atoms with Crippen LogP contribution in [0.5, 0.6) is 0 Å². The molecular formula is C15H13NO4S. The first-order chi connectivity index (χ1) is 10.0. The molecule has 21 heavy (non-hydrogen) atoms. The summed E-state index contributed by atoms with van der Waals surface area (Å²) in [5.74, 6) is -0.465. The summed E-state index contributed by atoms with van der Waals surface area (Å²) in [4.78, 5) is 23.6. The van der Waals surface area contributed by atoms with Gasteiger partial charge < -0.3 is 4.74 Å². The molecule has 0 saturated carbocycles. The summed E-state index contributed by atoms with van der Waals surface area (Å²) in [7, 11) is 1.30. The van der Waals surface area contributed by atoms with E-state index in [1.54, 1.807) is 43.3 Å². The number of nitro groups is 1. The third kappa shape index (κ3) is 3.41. The van der Waals surface area contributed by atoms with E-state index in [1.807, 2.05) is 0 Å². The summed E-state index contributed by atoms with van der Waals surface area (Å²) >= 11 is 1.18. The van der Waals surface area contributed by atoms with E-state index in [4.69, 9.17) is 4.74 Å². The summed E-state index contributed by atoms with van der Waals surface area (Å²) in [6.07, 6.45) is 0. The Labute approximate surface area is 126 Å². The highest BCUT2D eigenvalue weighted by Gasteiger charge is 2.18. The van der Waals surface area contributed by atoms with Crippen molar-refractivity contribution in [2.45, 2.75) is 16.7 Å². The Morgan fingerprint density at radius 1 is 1.19 bits per heavy atom. The second-order valence-corrected chi connectivity index (χ2v) is 5.40. The van der Waals surface area contributed by atoms with E-state index < -0.39 is 10.9 Å². The highest BCUT2D eigenvalue weighted by atomic mass is 32.2. The van der Waals surface area contributed by atoms with Crippen molar-refractivity contribution in [2.75, 3.05) is 7.11 Å². The molecule has 0 bridgehead atoms. The summed E-state index contributed by atoms with van der Waals surface area (Å²) in [5, 5.41) is 11.1. The van der Waals surface area contributed by atoms with Crippen molar-refractivity contribution in [3.05, 3.63) is 63.7 Å². The number of methoxy groups -OCH3 is 1. The van der Waals surface area contributed by atoms with Crippen LogP contribution in [0.2, 0.25) is 0 Å². The van der Waals surface area contributed by atoms with Crippen LogP contribution in [-0.4, -0.2) is 18.0 Å². The van der Waals surface area contributed by atoms with Gasteiger partial charge in [-0.1, -0.05) is 30.0 Å². The predicted octanol–water partition coefficient (Wildman–Crippen LogP) is 3.84. The van der Waals surface area contributed by atoms with Gasteiger partial charge in [0.25, 0.3) is 5.69 Å². The lowest BCUT2D eigenvalue weighted by atomic mass is 10.2. The van der Waals surface area contributed by atoms with Gasteiger partial charge in [0.15, 0.2) is 0 Å². The lowest BCUT2D eigenvalue weighted by Crippen LogP contribution is -2.02. The lowest BCUT2D eigenvalue weighted by Gasteiger charge is -2.08. The molecule has 0 aliphatic rings. The zero-order valence-electron chi connectivity index (χ0n) is 11.5. The first-order valence-corrected chi connectivity index (χ1v) is 6.95. The number of rotatable bonds is 4. The largest absolute Gasteiger partial charge is 0.465 e. The van der Waals surface area contributed by atoms with Gasteiger partial charge >= 0.3 is 5.97 Å². The van der Waals surface area contributed by atoms with Crippen molar-refractivity contribution in [1.29, 1.82) is 0 Å². The van der Waals surface area contributed by atoms with E-state index in [-0.39, 0.29) is 5.69 Å². The Bertz CT molecular complexity index is 700. The molecule has 0 aromatic heterocycles. The zero-order chi connectivity index (χ0) is 15.4. The van der Waals surface area contributed by atoms with E-state index in [0.717, 1.165) is 5.56 Å². The fourth-order valence-corrected chi connectivity index (χ4v) is 2.83. The fourth-order valence-electron chi connectivity index (χ4n) is 1.81. The first-order valence-electron chi connectivity index (χ1n) is 6.13. The Hall–Kier alpha value is -2.34. The van der Waals surface area contributed by atoms with E-state index in [9.17, 15) is 14.9 Å². The van der Waals surface area contributed by atoms with E-state index in [1.165, 1.54) is 24.9 Å². The van der Waals surface area contributed by atoms with Crippen LogP contribution in [0.25, 0.3) is 0 Å². The van der Waals surface area contributed by atoms with Crippen LogP contribution in [0.15, 0.2) is 52.3 Å². The van der Waals surface area contributed by atoms with Crippen LogP contribution in [-0.2, 0) is 4.74 Å². The van der Waals surface area contributed by atoms with Crippen LogP contribution < -0.4 is 0 Å². The Kier molecular flexibility index (Phi) is 4.59. The van der Waals surface area contributed by atoms with Gasteiger partial charge in [-0.3, -0.25) is 10.1 Å². The second kappa shape index (κ2) is 6.41. The molecular weight excluding hydrogens is 290 g/mol. The zero-order valence-corrected chi connectivity index (χ0v) is 12.3. The highest BCUT2D eigenvalue weighted by molar-refractivity contribution is 7.99. The van der Waals surface area contributed by atoms with E-state index in [2.05, 4.69) is 0 Å². The molecule has 0 heterocycles. The van der Waals surface area contributed by atoms with E-state index >= 15 is 0 Å². The summed E-state index contributed by atoms with van der Waals surface area (Å²) in [5.41, 5.74) is 1.23. The number of nitrogens with zero attached hydrogens (tertiary/aromatic N) is 1. The molecule has 2 aromatic rings. The number of carbonyl (C=O) groups excluding carboxylic acids is 1. The molecule has 2 aromatic carbocycles. The highest BCUT2D eigenvalue weighted by Crippen LogP contribution is 2.37. The summed E-state index contributed by atoms with van der Waals surface area (Å²) in [6, 6.07) is 11.9. The molecule has 0 atom stereocenters. The number of benzene rings is 2. The smallest absolute Gasteiger partial charge is 0.339 e. The van der Waals surface area contributed by atoms with Gasteiger partial charge in [-0.05, 0) is 30.7 Å². The Balaban J connectivity index is 2.44. The average Bonchev–Trinajstić information content (AvgIpc) is 2.48. The van der Waals surface area contributed by atoms with Gasteiger partial charge in [-0.15, -0.1) is 0 Å². The topological polar surface area (TPSA) is 69.4 Å². The van der Waals surface area contributed by atoms with Gasteiger partial charge in [-0.2, -0.15) is 0 Å². The van der Waals surface area contributed by atoms with Crippen molar-refractivity contribution in [2.24, 2.45) is 0 Å².